The van der Waals surface area contributed by atoms with E-state index in [-0.39, 0.29) is 0 Å². The lowest BCUT2D eigenvalue weighted by molar-refractivity contribution is 0.140. The average Bonchev–Trinajstić information content (AvgIpc) is 2.81. The highest BCUT2D eigenvalue weighted by Gasteiger charge is 2.23. The molecule has 1 unspecified atom stereocenters. The molecule has 0 aromatic carbocycles. The van der Waals surface area contributed by atoms with Crippen LogP contribution in [-0.2, 0) is 6.42 Å². The SMILES string of the molecule is CC(C)N1CCCC(Cc2cnn3cc(N)cnc23)C1. The minimum atomic E-state index is 0.639. The smallest absolute Gasteiger partial charge is 0.158 e. The van der Waals surface area contributed by atoms with Crippen LogP contribution in [0.5, 0.6) is 0 Å². The number of aromatic nitrogens is 3. The van der Waals surface area contributed by atoms with E-state index in [1.165, 1.54) is 31.5 Å². The van der Waals surface area contributed by atoms with Gasteiger partial charge in [0.1, 0.15) is 0 Å². The van der Waals surface area contributed by atoms with Gasteiger partial charge in [-0.1, -0.05) is 0 Å². The molecule has 0 aliphatic carbocycles. The zero-order valence-corrected chi connectivity index (χ0v) is 12.3. The van der Waals surface area contributed by atoms with E-state index in [4.69, 9.17) is 5.73 Å². The lowest BCUT2D eigenvalue weighted by atomic mass is 9.91. The predicted octanol–water partition coefficient (Wildman–Crippen LogP) is 1.97. The van der Waals surface area contributed by atoms with Gasteiger partial charge < -0.3 is 10.6 Å². The van der Waals surface area contributed by atoms with E-state index >= 15 is 0 Å². The molecule has 20 heavy (non-hydrogen) atoms. The number of hydrogen-bond acceptors (Lipinski definition) is 4. The highest BCUT2D eigenvalue weighted by atomic mass is 15.2. The Hall–Kier alpha value is -1.62. The molecule has 0 saturated carbocycles. The fraction of sp³-hybridized carbons (Fsp3) is 0.600. The lowest BCUT2D eigenvalue weighted by Gasteiger charge is -2.35. The topological polar surface area (TPSA) is 59.5 Å². The molecule has 108 valence electrons. The van der Waals surface area contributed by atoms with Crippen LogP contribution in [0.2, 0.25) is 0 Å². The fourth-order valence-electron chi connectivity index (χ4n) is 3.13. The zero-order chi connectivity index (χ0) is 14.1. The first-order valence-corrected chi connectivity index (χ1v) is 7.45. The van der Waals surface area contributed by atoms with Gasteiger partial charge in [-0.25, -0.2) is 9.50 Å². The van der Waals surface area contributed by atoms with Crippen LogP contribution in [0.3, 0.4) is 0 Å². The largest absolute Gasteiger partial charge is 0.396 e. The summed E-state index contributed by atoms with van der Waals surface area (Å²) in [5.74, 6) is 0.707. The average molecular weight is 273 g/mol. The van der Waals surface area contributed by atoms with Gasteiger partial charge in [0.25, 0.3) is 0 Å². The molecule has 1 aliphatic heterocycles. The number of nitrogens with two attached hydrogens (primary N) is 1. The van der Waals surface area contributed by atoms with Crippen molar-refractivity contribution in [2.24, 2.45) is 5.92 Å². The molecule has 0 spiro atoms. The van der Waals surface area contributed by atoms with Crippen LogP contribution < -0.4 is 5.73 Å². The van der Waals surface area contributed by atoms with Crippen LogP contribution in [0, 0.1) is 5.92 Å². The summed E-state index contributed by atoms with van der Waals surface area (Å²) in [6.45, 7) is 6.98. The van der Waals surface area contributed by atoms with Crippen molar-refractivity contribution in [3.05, 3.63) is 24.2 Å². The first kappa shape index (κ1) is 13.4. The lowest BCUT2D eigenvalue weighted by Crippen LogP contribution is -2.40. The van der Waals surface area contributed by atoms with Gasteiger partial charge in [0.05, 0.1) is 24.3 Å². The van der Waals surface area contributed by atoms with Gasteiger partial charge in [-0.15, -0.1) is 0 Å². The molecule has 0 bridgehead atoms. The molecule has 0 radical (unpaired) electrons. The third-order valence-electron chi connectivity index (χ3n) is 4.24. The van der Waals surface area contributed by atoms with E-state index < -0.39 is 0 Å². The Morgan fingerprint density at radius 2 is 2.25 bits per heavy atom. The summed E-state index contributed by atoms with van der Waals surface area (Å²) in [4.78, 5) is 7.00. The molecular weight excluding hydrogens is 250 g/mol. The second-order valence-corrected chi connectivity index (χ2v) is 6.13. The standard InChI is InChI=1S/C15H23N5/c1-11(2)19-5-3-4-12(9-19)6-13-7-18-20-10-14(16)8-17-15(13)20/h7-8,10-12H,3-6,9,16H2,1-2H3. The van der Waals surface area contributed by atoms with E-state index in [1.807, 2.05) is 12.4 Å². The fourth-order valence-corrected chi connectivity index (χ4v) is 3.13. The van der Waals surface area contributed by atoms with Crippen LogP contribution in [-0.4, -0.2) is 38.6 Å². The summed E-state index contributed by atoms with van der Waals surface area (Å²) >= 11 is 0. The summed E-state index contributed by atoms with van der Waals surface area (Å²) in [7, 11) is 0. The minimum absolute atomic E-state index is 0.639. The number of nitrogens with zero attached hydrogens (tertiary/aromatic N) is 4. The zero-order valence-electron chi connectivity index (χ0n) is 12.3. The molecule has 1 fully saturated rings. The Bertz CT molecular complexity index is 589. The van der Waals surface area contributed by atoms with Crippen molar-refractivity contribution in [3.63, 3.8) is 0 Å². The molecule has 2 aromatic rings. The van der Waals surface area contributed by atoms with Gasteiger partial charge in [0, 0.05) is 18.2 Å². The summed E-state index contributed by atoms with van der Waals surface area (Å²) in [6, 6.07) is 0.639. The third kappa shape index (κ3) is 2.63. The summed E-state index contributed by atoms with van der Waals surface area (Å²) in [6.07, 6.45) is 9.13. The third-order valence-corrected chi connectivity index (χ3v) is 4.24. The Morgan fingerprint density at radius 3 is 3.05 bits per heavy atom. The maximum absolute atomic E-state index is 5.74. The van der Waals surface area contributed by atoms with Gasteiger partial charge in [0.15, 0.2) is 5.65 Å². The quantitative estimate of drug-likeness (QED) is 0.929. The minimum Gasteiger partial charge on any atom is -0.396 e. The van der Waals surface area contributed by atoms with Gasteiger partial charge in [-0.2, -0.15) is 5.10 Å². The molecule has 3 heterocycles. The molecule has 1 aliphatic rings. The van der Waals surface area contributed by atoms with Crippen LogP contribution in [0.4, 0.5) is 5.69 Å². The number of hydrogen-bond donors (Lipinski definition) is 1. The first-order chi connectivity index (χ1) is 9.63. The highest BCUT2D eigenvalue weighted by molar-refractivity contribution is 5.49. The van der Waals surface area contributed by atoms with Gasteiger partial charge >= 0.3 is 0 Å². The number of piperidine rings is 1. The van der Waals surface area contributed by atoms with E-state index in [9.17, 15) is 0 Å². The monoisotopic (exact) mass is 273 g/mol. The maximum Gasteiger partial charge on any atom is 0.158 e. The molecule has 5 nitrogen and oxygen atoms in total. The predicted molar refractivity (Wildman–Crippen MR) is 80.5 cm³/mol. The van der Waals surface area contributed by atoms with E-state index in [2.05, 4.69) is 28.8 Å². The van der Waals surface area contributed by atoms with Gasteiger partial charge in [-0.3, -0.25) is 0 Å². The molecule has 1 atom stereocenters. The Morgan fingerprint density at radius 1 is 1.40 bits per heavy atom. The Kier molecular flexibility index (Phi) is 3.61. The van der Waals surface area contributed by atoms with Crippen molar-refractivity contribution in [2.45, 2.75) is 39.2 Å². The van der Waals surface area contributed by atoms with E-state index in [0.29, 0.717) is 17.6 Å². The van der Waals surface area contributed by atoms with Crippen molar-refractivity contribution in [1.29, 1.82) is 0 Å². The van der Waals surface area contributed by atoms with Crippen molar-refractivity contribution in [1.82, 2.24) is 19.5 Å². The molecule has 5 heteroatoms. The van der Waals surface area contributed by atoms with E-state index in [0.717, 1.165) is 12.1 Å². The molecule has 1 saturated heterocycles. The number of likely N-dealkylation sites (tertiary alicyclic amines) is 1. The Labute approximate surface area is 119 Å². The summed E-state index contributed by atoms with van der Waals surface area (Å²) in [5, 5.41) is 4.36. The van der Waals surface area contributed by atoms with Crippen LogP contribution in [0.15, 0.2) is 18.6 Å². The molecule has 2 aromatic heterocycles. The van der Waals surface area contributed by atoms with Crippen LogP contribution in [0.1, 0.15) is 32.3 Å². The first-order valence-electron chi connectivity index (χ1n) is 7.45. The second kappa shape index (κ2) is 5.40. The van der Waals surface area contributed by atoms with Crippen molar-refractivity contribution < 1.29 is 0 Å². The second-order valence-electron chi connectivity index (χ2n) is 6.13. The number of anilines is 1. The Balaban J connectivity index is 1.76. The number of fused-ring (bicyclic) bond motifs is 1. The molecular formula is C15H23N5. The molecule has 3 rings (SSSR count). The summed E-state index contributed by atoms with van der Waals surface area (Å²) < 4.78 is 1.79. The van der Waals surface area contributed by atoms with Crippen LogP contribution in [0.25, 0.3) is 5.65 Å². The normalized spacial score (nSPS) is 20.9. The van der Waals surface area contributed by atoms with E-state index in [1.54, 1.807) is 10.7 Å². The summed E-state index contributed by atoms with van der Waals surface area (Å²) in [5.41, 5.74) is 8.57. The van der Waals surface area contributed by atoms with Crippen molar-refractivity contribution in [3.8, 4) is 0 Å². The highest BCUT2D eigenvalue weighted by Crippen LogP contribution is 2.23. The molecule has 2 N–H and O–H groups in total. The van der Waals surface area contributed by atoms with Crippen molar-refractivity contribution in [2.75, 3.05) is 18.8 Å². The van der Waals surface area contributed by atoms with Gasteiger partial charge in [-0.05, 0) is 45.6 Å². The number of rotatable bonds is 3. The maximum atomic E-state index is 5.74. The number of nitrogen functional groups attached to an aromatic ring is 1. The van der Waals surface area contributed by atoms with Crippen LogP contribution >= 0.6 is 0 Å². The molecule has 0 amide bonds. The van der Waals surface area contributed by atoms with Crippen molar-refractivity contribution >= 4 is 11.3 Å². The van der Waals surface area contributed by atoms with Gasteiger partial charge in [0.2, 0.25) is 0 Å².